The molecule has 1 aliphatic heterocycles. The summed E-state index contributed by atoms with van der Waals surface area (Å²) in [5.74, 6) is -1.70. The van der Waals surface area contributed by atoms with Gasteiger partial charge in [-0.3, -0.25) is 9.59 Å². The molecule has 0 bridgehead atoms. The quantitative estimate of drug-likeness (QED) is 0.187. The van der Waals surface area contributed by atoms with Gasteiger partial charge in [0.2, 0.25) is 5.71 Å². The summed E-state index contributed by atoms with van der Waals surface area (Å²) in [6.07, 6.45) is 1.31. The maximum Gasteiger partial charge on any atom is 1.00 e. The Hall–Kier alpha value is -1.40. The Kier molecular flexibility index (Phi) is 6.14. The molecule has 1 aromatic heterocycles. The van der Waals surface area contributed by atoms with Gasteiger partial charge in [-0.1, -0.05) is 5.16 Å². The van der Waals surface area contributed by atoms with Gasteiger partial charge in [0.15, 0.2) is 16.1 Å². The Morgan fingerprint density at radius 2 is 2.27 bits per heavy atom. The predicted octanol–water partition coefficient (Wildman–Crippen LogP) is -4.58. The number of hydrogen-bond acceptors (Lipinski definition) is 8. The molecule has 1 atom stereocenters. The Morgan fingerprint density at radius 1 is 1.59 bits per heavy atom. The molecule has 0 spiro atoms. The Labute approximate surface area is 147 Å². The minimum atomic E-state index is -4.85. The number of carbonyl (C=O) groups excluding carboxylic acids is 2. The van der Waals surface area contributed by atoms with Crippen molar-refractivity contribution >= 4 is 27.8 Å². The molecule has 0 aromatic carbocycles. The van der Waals surface area contributed by atoms with Gasteiger partial charge in [0.05, 0.1) is 12.8 Å². The Bertz CT molecular complexity index is 685. The van der Waals surface area contributed by atoms with Crippen molar-refractivity contribution in [1.29, 1.82) is 0 Å². The van der Waals surface area contributed by atoms with Gasteiger partial charge in [-0.15, -0.1) is 0 Å². The summed E-state index contributed by atoms with van der Waals surface area (Å²) < 4.78 is 37.1. The number of rotatable bonds is 5. The molecule has 2 rings (SSSR count). The van der Waals surface area contributed by atoms with E-state index >= 15 is 0 Å². The van der Waals surface area contributed by atoms with Crippen LogP contribution in [0.2, 0.25) is 0 Å². The fourth-order valence-electron chi connectivity index (χ4n) is 1.63. The van der Waals surface area contributed by atoms with E-state index in [0.29, 0.717) is 0 Å². The summed E-state index contributed by atoms with van der Waals surface area (Å²) in [6.45, 7) is -0.422. The van der Waals surface area contributed by atoms with Crippen LogP contribution in [0.1, 0.15) is 5.76 Å². The molecule has 22 heavy (non-hydrogen) atoms. The van der Waals surface area contributed by atoms with Crippen LogP contribution in [0.3, 0.4) is 0 Å². The predicted molar refractivity (Wildman–Crippen MR) is 65.6 cm³/mol. The van der Waals surface area contributed by atoms with Crippen molar-refractivity contribution in [3.63, 3.8) is 0 Å². The zero-order chi connectivity index (χ0) is 15.6. The van der Waals surface area contributed by atoms with Gasteiger partial charge in [-0.2, -0.15) is 0 Å². The van der Waals surface area contributed by atoms with E-state index in [1.54, 1.807) is 0 Å². The van der Waals surface area contributed by atoms with Crippen LogP contribution in [0.25, 0.3) is 0 Å². The van der Waals surface area contributed by atoms with E-state index < -0.39 is 34.7 Å². The van der Waals surface area contributed by atoms with Gasteiger partial charge in [-0.25, -0.2) is 12.7 Å². The minimum Gasteiger partial charge on any atom is -0.731 e. The molecule has 1 saturated heterocycles. The van der Waals surface area contributed by atoms with E-state index in [4.69, 9.17) is 4.42 Å². The van der Waals surface area contributed by atoms with E-state index in [1.807, 2.05) is 0 Å². The zero-order valence-electron chi connectivity index (χ0n) is 11.7. The summed E-state index contributed by atoms with van der Waals surface area (Å²) >= 11 is 0. The molecule has 0 radical (unpaired) electrons. The molecule has 1 unspecified atom stereocenters. The number of amides is 2. The van der Waals surface area contributed by atoms with Gasteiger partial charge in [-0.05, 0) is 12.1 Å². The number of oxime groups is 1. The zero-order valence-corrected chi connectivity index (χ0v) is 14.5. The van der Waals surface area contributed by atoms with Crippen LogP contribution in [0.5, 0.6) is 0 Å². The van der Waals surface area contributed by atoms with Crippen molar-refractivity contribution in [1.82, 2.24) is 9.62 Å². The first kappa shape index (κ1) is 18.6. The van der Waals surface area contributed by atoms with Crippen LogP contribution >= 0.6 is 0 Å². The molecule has 2 heterocycles. The fraction of sp³-hybridized carbons (Fsp3) is 0.300. The number of furan rings is 1. The number of β-lactam (4-membered cyclic amide) rings is 1. The molecule has 1 aliphatic rings. The summed E-state index contributed by atoms with van der Waals surface area (Å²) in [4.78, 5) is 27.9. The van der Waals surface area contributed by atoms with Crippen molar-refractivity contribution in [3.05, 3.63) is 24.2 Å². The second kappa shape index (κ2) is 7.24. The van der Waals surface area contributed by atoms with E-state index in [-0.39, 0.29) is 45.3 Å². The first-order chi connectivity index (χ1) is 9.84. The molecular weight excluding hydrogens is 329 g/mol. The maximum atomic E-state index is 12.0. The molecule has 2 amide bonds. The van der Waals surface area contributed by atoms with Gasteiger partial charge < -0.3 is 19.1 Å². The second-order valence-electron chi connectivity index (χ2n) is 3.95. The molecule has 1 aromatic rings. The molecule has 0 aliphatic carbocycles. The summed E-state index contributed by atoms with van der Waals surface area (Å²) in [5, 5.41) is 5.71. The smallest absolute Gasteiger partial charge is 0.731 e. The standard InChI is InChI=1S/C10H11N3O7S.Na/c1-19-12-8(7-3-2-4-20-7)9(14)11-6-5-13(10(6)15)21(16,17)18;/h2-4,6H,5H2,1H3,(H,11,14)(H,16,17,18);/q;+1/p-1/b12-8+;. The number of carbonyl (C=O) groups is 2. The van der Waals surface area contributed by atoms with E-state index in [1.165, 1.54) is 25.5 Å². The van der Waals surface area contributed by atoms with Crippen LogP contribution in [-0.2, 0) is 24.7 Å². The average molecular weight is 339 g/mol. The molecule has 12 heteroatoms. The van der Waals surface area contributed by atoms with Gasteiger partial charge in [0, 0.05) is 0 Å². The summed E-state index contributed by atoms with van der Waals surface area (Å²) in [5.41, 5.74) is -0.223. The second-order valence-corrected chi connectivity index (χ2v) is 5.25. The van der Waals surface area contributed by atoms with E-state index in [0.717, 1.165) is 0 Å². The van der Waals surface area contributed by atoms with Crippen LogP contribution < -0.4 is 34.9 Å². The third-order valence-corrected chi connectivity index (χ3v) is 3.49. The van der Waals surface area contributed by atoms with Crippen molar-refractivity contribution in [3.8, 4) is 0 Å². The summed E-state index contributed by atoms with van der Waals surface area (Å²) in [6, 6.07) is 1.86. The molecule has 114 valence electrons. The van der Waals surface area contributed by atoms with Gasteiger partial charge in [0.1, 0.15) is 13.2 Å². The number of nitrogens with one attached hydrogen (secondary N) is 1. The molecule has 1 N–H and O–H groups in total. The first-order valence-corrected chi connectivity index (χ1v) is 6.94. The average Bonchev–Trinajstić information content (AvgIpc) is 2.91. The van der Waals surface area contributed by atoms with Gasteiger partial charge >= 0.3 is 29.6 Å². The third kappa shape index (κ3) is 3.87. The molecular formula is C10H10N3NaO7S. The van der Waals surface area contributed by atoms with E-state index in [9.17, 15) is 22.6 Å². The monoisotopic (exact) mass is 339 g/mol. The largest absolute Gasteiger partial charge is 1.00 e. The van der Waals surface area contributed by atoms with Crippen molar-refractivity contribution in [2.75, 3.05) is 13.7 Å². The van der Waals surface area contributed by atoms with Crippen LogP contribution in [0, 0.1) is 0 Å². The van der Waals surface area contributed by atoms with Crippen LogP contribution in [-0.4, -0.2) is 54.5 Å². The maximum absolute atomic E-state index is 12.0. The number of hydrogen-bond donors (Lipinski definition) is 1. The molecule has 10 nitrogen and oxygen atoms in total. The number of nitrogens with zero attached hydrogens (tertiary/aromatic N) is 2. The SMILES string of the molecule is CO/N=C(/C(=O)NC1CN(S(=O)(=O)[O-])C1=O)c1ccco1.[Na+]. The Balaban J connectivity index is 0.00000242. The minimum absolute atomic E-state index is 0. The van der Waals surface area contributed by atoms with Gasteiger partial charge in [0.25, 0.3) is 11.8 Å². The first-order valence-electron chi connectivity index (χ1n) is 5.58. The normalized spacial score (nSPS) is 18.3. The topological polar surface area (TPSA) is 141 Å². The van der Waals surface area contributed by atoms with Crippen LogP contribution in [0.4, 0.5) is 0 Å². The molecule has 0 saturated carbocycles. The Morgan fingerprint density at radius 3 is 2.73 bits per heavy atom. The van der Waals surface area contributed by atoms with Crippen LogP contribution in [0.15, 0.2) is 28.0 Å². The summed E-state index contributed by atoms with van der Waals surface area (Å²) in [7, 11) is -3.63. The van der Waals surface area contributed by atoms with Crippen molar-refractivity contribution in [2.24, 2.45) is 5.16 Å². The van der Waals surface area contributed by atoms with Crippen molar-refractivity contribution in [2.45, 2.75) is 6.04 Å². The van der Waals surface area contributed by atoms with E-state index in [2.05, 4.69) is 15.3 Å². The fourth-order valence-corrected chi connectivity index (χ4v) is 2.31. The van der Waals surface area contributed by atoms with Crippen molar-refractivity contribution < 1.29 is 61.4 Å². The molecule has 1 fully saturated rings. The third-order valence-electron chi connectivity index (χ3n) is 2.62.